The molecule has 2 amide bonds. The van der Waals surface area contributed by atoms with Gasteiger partial charge < -0.3 is 5.73 Å². The van der Waals surface area contributed by atoms with Gasteiger partial charge in [-0.05, 0) is 42.9 Å². The van der Waals surface area contributed by atoms with Gasteiger partial charge in [-0.15, -0.1) is 0 Å². The summed E-state index contributed by atoms with van der Waals surface area (Å²) in [7, 11) is 0. The van der Waals surface area contributed by atoms with Crippen LogP contribution in [0.5, 0.6) is 0 Å². The summed E-state index contributed by atoms with van der Waals surface area (Å²) in [6.07, 6.45) is 7.49. The number of amides is 2. The number of nitrogens with two attached hydrogens (primary N) is 1. The van der Waals surface area contributed by atoms with E-state index in [2.05, 4.69) is 28.7 Å². The Morgan fingerprint density at radius 3 is 2.63 bits per heavy atom. The summed E-state index contributed by atoms with van der Waals surface area (Å²) in [5.74, 6) is 0. The molecule has 1 fully saturated rings. The highest BCUT2D eigenvalue weighted by atomic mass is 16.2. The zero-order valence-corrected chi connectivity index (χ0v) is 10.9. The van der Waals surface area contributed by atoms with E-state index in [0.29, 0.717) is 0 Å². The smallest absolute Gasteiger partial charge is 0.332 e. The second-order valence-corrected chi connectivity index (χ2v) is 4.68. The molecule has 0 heterocycles. The fraction of sp³-hybridized carbons (Fsp3) is 0.333. The summed E-state index contributed by atoms with van der Waals surface area (Å²) in [6, 6.07) is 9.55. The molecule has 4 nitrogen and oxygen atoms in total. The molecular formula is C15H19N3O. The van der Waals surface area contributed by atoms with Gasteiger partial charge in [0.2, 0.25) is 0 Å². The van der Waals surface area contributed by atoms with Crippen LogP contribution in [0.15, 0.2) is 41.0 Å². The van der Waals surface area contributed by atoms with Crippen LogP contribution in [0.4, 0.5) is 4.79 Å². The quantitative estimate of drug-likeness (QED) is 0.620. The Kier molecular flexibility index (Phi) is 4.72. The minimum Gasteiger partial charge on any atom is -0.350 e. The van der Waals surface area contributed by atoms with Gasteiger partial charge in [-0.2, -0.15) is 5.10 Å². The number of urea groups is 1. The lowest BCUT2D eigenvalue weighted by Gasteiger charge is -2.07. The molecule has 1 aliphatic rings. The summed E-state index contributed by atoms with van der Waals surface area (Å²) in [5, 5.41) is 4.14. The van der Waals surface area contributed by atoms with Gasteiger partial charge in [0, 0.05) is 0 Å². The zero-order chi connectivity index (χ0) is 13.5. The van der Waals surface area contributed by atoms with E-state index in [9.17, 15) is 4.79 Å². The number of hydrogen-bond donors (Lipinski definition) is 2. The molecule has 0 unspecified atom stereocenters. The highest BCUT2D eigenvalue weighted by molar-refractivity contribution is 6.04. The summed E-state index contributed by atoms with van der Waals surface area (Å²) in [4.78, 5) is 10.8. The zero-order valence-electron chi connectivity index (χ0n) is 10.9. The van der Waals surface area contributed by atoms with Crippen molar-refractivity contribution in [3.63, 3.8) is 0 Å². The predicted molar refractivity (Wildman–Crippen MR) is 77.7 cm³/mol. The van der Waals surface area contributed by atoms with Gasteiger partial charge in [0.25, 0.3) is 0 Å². The van der Waals surface area contributed by atoms with Gasteiger partial charge in [0.05, 0.1) is 5.71 Å². The minimum absolute atomic E-state index is 0.615. The molecule has 0 radical (unpaired) electrons. The Hall–Kier alpha value is -2.10. The van der Waals surface area contributed by atoms with Crippen molar-refractivity contribution in [2.45, 2.75) is 32.1 Å². The predicted octanol–water partition coefficient (Wildman–Crippen LogP) is 3.06. The summed E-state index contributed by atoms with van der Waals surface area (Å²) >= 11 is 0. The third-order valence-corrected chi connectivity index (χ3v) is 3.17. The first kappa shape index (κ1) is 13.3. The van der Waals surface area contributed by atoms with E-state index in [1.54, 1.807) is 0 Å². The van der Waals surface area contributed by atoms with Gasteiger partial charge in [-0.25, -0.2) is 10.2 Å². The third kappa shape index (κ3) is 4.25. The van der Waals surface area contributed by atoms with Gasteiger partial charge in [-0.3, -0.25) is 0 Å². The van der Waals surface area contributed by atoms with Crippen LogP contribution in [0.3, 0.4) is 0 Å². The second-order valence-electron chi connectivity index (χ2n) is 4.68. The van der Waals surface area contributed by atoms with E-state index < -0.39 is 6.03 Å². The van der Waals surface area contributed by atoms with Crippen molar-refractivity contribution >= 4 is 17.8 Å². The summed E-state index contributed by atoms with van der Waals surface area (Å²) in [5.41, 5.74) is 10.7. The molecule has 1 aromatic rings. The first-order chi connectivity index (χ1) is 9.25. The molecule has 4 heteroatoms. The molecule has 0 aliphatic heterocycles. The van der Waals surface area contributed by atoms with Crippen LogP contribution >= 0.6 is 0 Å². The molecule has 2 rings (SSSR count). The van der Waals surface area contributed by atoms with Crippen LogP contribution in [0, 0.1) is 0 Å². The molecule has 3 N–H and O–H groups in total. The number of carbonyl (C=O) groups is 1. The van der Waals surface area contributed by atoms with Crippen molar-refractivity contribution in [1.82, 2.24) is 5.43 Å². The molecule has 0 atom stereocenters. The number of benzene rings is 1. The molecule has 19 heavy (non-hydrogen) atoms. The van der Waals surface area contributed by atoms with Crippen LogP contribution < -0.4 is 11.2 Å². The van der Waals surface area contributed by atoms with E-state index in [0.717, 1.165) is 37.0 Å². The number of rotatable bonds is 2. The molecule has 0 spiro atoms. The molecule has 1 aliphatic carbocycles. The van der Waals surface area contributed by atoms with Crippen LogP contribution in [0.25, 0.3) is 6.08 Å². The van der Waals surface area contributed by atoms with Crippen molar-refractivity contribution in [2.24, 2.45) is 10.8 Å². The van der Waals surface area contributed by atoms with Crippen molar-refractivity contribution in [2.75, 3.05) is 0 Å². The fourth-order valence-electron chi connectivity index (χ4n) is 2.25. The first-order valence-corrected chi connectivity index (χ1v) is 6.64. The van der Waals surface area contributed by atoms with Gasteiger partial charge in [-0.1, -0.05) is 36.8 Å². The Bertz CT molecular complexity index is 491. The molecular weight excluding hydrogens is 238 g/mol. The first-order valence-electron chi connectivity index (χ1n) is 6.64. The van der Waals surface area contributed by atoms with Crippen molar-refractivity contribution in [3.8, 4) is 0 Å². The Balaban J connectivity index is 2.24. The standard InChI is InChI=1S/C15H19N3O/c16-15(19)18-17-14-10-6-2-5-9-13(14)11-12-7-3-1-4-8-12/h1,3-4,7-8,11H,2,5-6,9-10H2,(H3,16,18,19)/b13-11-,17-14+. The lowest BCUT2D eigenvalue weighted by Crippen LogP contribution is -2.26. The number of hydrazone groups is 1. The van der Waals surface area contributed by atoms with E-state index >= 15 is 0 Å². The molecule has 1 saturated carbocycles. The third-order valence-electron chi connectivity index (χ3n) is 3.17. The van der Waals surface area contributed by atoms with E-state index in [-0.39, 0.29) is 0 Å². The number of carbonyl (C=O) groups excluding carboxylic acids is 1. The van der Waals surface area contributed by atoms with Crippen LogP contribution in [0.1, 0.15) is 37.7 Å². The van der Waals surface area contributed by atoms with E-state index in [1.807, 2.05) is 18.2 Å². The molecule has 1 aromatic carbocycles. The fourth-order valence-corrected chi connectivity index (χ4v) is 2.25. The Labute approximate surface area is 113 Å². The maximum atomic E-state index is 10.8. The topological polar surface area (TPSA) is 67.5 Å². The molecule has 100 valence electrons. The number of allylic oxidation sites excluding steroid dienone is 1. The van der Waals surface area contributed by atoms with Crippen molar-refractivity contribution in [3.05, 3.63) is 41.5 Å². The monoisotopic (exact) mass is 257 g/mol. The molecule has 0 bridgehead atoms. The van der Waals surface area contributed by atoms with Crippen molar-refractivity contribution in [1.29, 1.82) is 0 Å². The van der Waals surface area contributed by atoms with Crippen LogP contribution in [-0.2, 0) is 0 Å². The lowest BCUT2D eigenvalue weighted by molar-refractivity contribution is 0.249. The number of nitrogens with one attached hydrogen (secondary N) is 1. The maximum Gasteiger partial charge on any atom is 0.332 e. The van der Waals surface area contributed by atoms with Gasteiger partial charge in [0.15, 0.2) is 0 Å². The largest absolute Gasteiger partial charge is 0.350 e. The number of primary amides is 1. The van der Waals surface area contributed by atoms with Crippen LogP contribution in [-0.4, -0.2) is 11.7 Å². The van der Waals surface area contributed by atoms with Crippen LogP contribution in [0.2, 0.25) is 0 Å². The average molecular weight is 257 g/mol. The maximum absolute atomic E-state index is 10.8. The minimum atomic E-state index is -0.615. The van der Waals surface area contributed by atoms with Gasteiger partial charge >= 0.3 is 6.03 Å². The summed E-state index contributed by atoms with van der Waals surface area (Å²) in [6.45, 7) is 0. The molecule has 0 saturated heterocycles. The average Bonchev–Trinajstić information content (AvgIpc) is 2.63. The highest BCUT2D eigenvalue weighted by Gasteiger charge is 2.12. The van der Waals surface area contributed by atoms with E-state index in [4.69, 9.17) is 5.73 Å². The molecule has 0 aromatic heterocycles. The lowest BCUT2D eigenvalue weighted by atomic mass is 10.0. The Morgan fingerprint density at radius 1 is 1.16 bits per heavy atom. The Morgan fingerprint density at radius 2 is 1.89 bits per heavy atom. The highest BCUT2D eigenvalue weighted by Crippen LogP contribution is 2.22. The van der Waals surface area contributed by atoms with Crippen molar-refractivity contribution < 1.29 is 4.79 Å². The van der Waals surface area contributed by atoms with E-state index in [1.165, 1.54) is 12.0 Å². The second kappa shape index (κ2) is 6.73. The number of nitrogens with zero attached hydrogens (tertiary/aromatic N) is 1. The SMILES string of the molecule is NC(=O)N/N=C1\CCCCC\C1=C\c1ccccc1. The number of hydrogen-bond acceptors (Lipinski definition) is 2. The summed E-state index contributed by atoms with van der Waals surface area (Å²) < 4.78 is 0. The van der Waals surface area contributed by atoms with Gasteiger partial charge in [0.1, 0.15) is 0 Å². The normalized spacial score (nSPS) is 20.2.